The minimum absolute atomic E-state index is 0.00693. The summed E-state index contributed by atoms with van der Waals surface area (Å²) >= 11 is 2.16. The van der Waals surface area contributed by atoms with Crippen LogP contribution in [0.1, 0.15) is 32.9 Å². The predicted molar refractivity (Wildman–Crippen MR) is 77.4 cm³/mol. The summed E-state index contributed by atoms with van der Waals surface area (Å²) in [4.78, 5) is 4.38. The molecule has 18 heavy (non-hydrogen) atoms. The molecule has 0 amide bonds. The zero-order valence-corrected chi connectivity index (χ0v) is 13.2. The maximum absolute atomic E-state index is 12.0. The number of rotatable bonds is 6. The lowest BCUT2D eigenvalue weighted by Crippen LogP contribution is -2.47. The zero-order chi connectivity index (χ0) is 13.8. The van der Waals surface area contributed by atoms with Gasteiger partial charge in [0.2, 0.25) is 0 Å². The number of hydrogen-bond donors (Lipinski definition) is 2. The van der Waals surface area contributed by atoms with E-state index in [9.17, 15) is 9.66 Å². The normalized spacial score (nSPS) is 16.6. The van der Waals surface area contributed by atoms with Gasteiger partial charge in [-0.1, -0.05) is 6.07 Å². The number of aliphatic hydroxyl groups excluding tert-OH is 1. The van der Waals surface area contributed by atoms with Crippen LogP contribution in [0.15, 0.2) is 22.8 Å². The summed E-state index contributed by atoms with van der Waals surface area (Å²) in [7, 11) is 0. The van der Waals surface area contributed by atoms with Crippen molar-refractivity contribution in [2.24, 2.45) is 0 Å². The Kier molecular flexibility index (Phi) is 6.07. The number of halogens is 1. The van der Waals surface area contributed by atoms with E-state index >= 15 is 0 Å². The fraction of sp³-hybridized carbons (Fsp3) is 0.583. The molecule has 0 aromatic carbocycles. The van der Waals surface area contributed by atoms with Crippen molar-refractivity contribution in [2.45, 2.75) is 38.0 Å². The second kappa shape index (κ2) is 6.86. The molecule has 4 nitrogen and oxygen atoms in total. The van der Waals surface area contributed by atoms with Crippen LogP contribution >= 0.6 is 15.9 Å². The Morgan fingerprint density at radius 3 is 2.72 bits per heavy atom. The molecule has 0 radical (unpaired) electrons. The van der Waals surface area contributed by atoms with Crippen LogP contribution in [0.5, 0.6) is 0 Å². The maximum atomic E-state index is 12.0. The molecule has 6 heteroatoms. The van der Waals surface area contributed by atoms with Crippen LogP contribution in [0.3, 0.4) is 0 Å². The van der Waals surface area contributed by atoms with Crippen LogP contribution in [-0.2, 0) is 16.9 Å². The second-order valence-corrected chi connectivity index (χ2v) is 7.15. The molecular weight excluding hydrogens is 316 g/mol. The van der Waals surface area contributed by atoms with Gasteiger partial charge in [-0.15, -0.1) is 4.72 Å². The van der Waals surface area contributed by atoms with E-state index in [2.05, 4.69) is 25.6 Å². The lowest BCUT2D eigenvalue weighted by atomic mass is 9.95. The fourth-order valence-electron chi connectivity index (χ4n) is 1.51. The van der Waals surface area contributed by atoms with Gasteiger partial charge < -0.3 is 9.66 Å². The molecule has 2 N–H and O–H groups in total. The molecule has 1 aromatic rings. The molecule has 1 aromatic heterocycles. The van der Waals surface area contributed by atoms with Gasteiger partial charge in [0.1, 0.15) is 15.4 Å². The minimum Gasteiger partial charge on any atom is -0.598 e. The van der Waals surface area contributed by atoms with E-state index < -0.39 is 16.9 Å². The van der Waals surface area contributed by atoms with E-state index in [-0.39, 0.29) is 11.9 Å². The summed E-state index contributed by atoms with van der Waals surface area (Å²) in [5.41, 5.74) is 0.160. The molecule has 0 aliphatic rings. The van der Waals surface area contributed by atoms with Crippen molar-refractivity contribution in [1.82, 2.24) is 9.71 Å². The molecule has 102 valence electrons. The van der Waals surface area contributed by atoms with Crippen LogP contribution in [0.2, 0.25) is 0 Å². The number of aliphatic hydroxyl groups is 1. The molecule has 0 saturated heterocycles. The number of nitrogens with one attached hydrogen (secondary N) is 1. The van der Waals surface area contributed by atoms with Crippen LogP contribution in [0.4, 0.5) is 0 Å². The second-order valence-electron chi connectivity index (χ2n) is 4.60. The van der Waals surface area contributed by atoms with Crippen LogP contribution in [-0.4, -0.2) is 26.5 Å². The molecule has 0 saturated carbocycles. The van der Waals surface area contributed by atoms with Crippen molar-refractivity contribution in [1.29, 1.82) is 0 Å². The topological polar surface area (TPSA) is 68.2 Å². The van der Waals surface area contributed by atoms with Gasteiger partial charge in [-0.05, 0) is 55.3 Å². The highest BCUT2D eigenvalue weighted by Crippen LogP contribution is 2.25. The Bertz CT molecular complexity index is 392. The molecule has 0 fully saturated rings. The molecule has 0 aliphatic heterocycles. The largest absolute Gasteiger partial charge is 0.598 e. The van der Waals surface area contributed by atoms with Gasteiger partial charge in [0.15, 0.2) is 0 Å². The Balaban J connectivity index is 2.99. The van der Waals surface area contributed by atoms with Crippen molar-refractivity contribution in [3.05, 3.63) is 28.5 Å². The van der Waals surface area contributed by atoms with Crippen LogP contribution < -0.4 is 4.72 Å². The van der Waals surface area contributed by atoms with E-state index in [1.807, 2.05) is 39.0 Å². The first-order valence-corrected chi connectivity index (χ1v) is 7.82. The first-order chi connectivity index (χ1) is 8.39. The minimum atomic E-state index is -1.17. The van der Waals surface area contributed by atoms with Crippen LogP contribution in [0, 0.1) is 0 Å². The van der Waals surface area contributed by atoms with Gasteiger partial charge in [0, 0.05) is 18.0 Å². The first-order valence-electron chi connectivity index (χ1n) is 5.81. The van der Waals surface area contributed by atoms with Gasteiger partial charge in [0.25, 0.3) is 0 Å². The highest BCUT2D eigenvalue weighted by molar-refractivity contribution is 9.10. The van der Waals surface area contributed by atoms with Crippen molar-refractivity contribution < 1.29 is 9.66 Å². The number of nitrogens with zero attached hydrogens (tertiary/aromatic N) is 1. The maximum Gasteiger partial charge on any atom is 0.129 e. The van der Waals surface area contributed by atoms with Crippen molar-refractivity contribution in [2.75, 3.05) is 6.61 Å². The molecule has 0 spiro atoms. The van der Waals surface area contributed by atoms with Crippen molar-refractivity contribution in [3.8, 4) is 0 Å². The Hall–Kier alpha value is -0.140. The third kappa shape index (κ3) is 4.20. The molecule has 2 atom stereocenters. The fourth-order valence-corrected chi connectivity index (χ4v) is 2.74. The van der Waals surface area contributed by atoms with Gasteiger partial charge in [-0.25, -0.2) is 4.98 Å². The highest BCUT2D eigenvalue weighted by Gasteiger charge is 2.33. The van der Waals surface area contributed by atoms with Crippen molar-refractivity contribution in [3.63, 3.8) is 0 Å². The lowest BCUT2D eigenvalue weighted by Gasteiger charge is -2.31. The summed E-state index contributed by atoms with van der Waals surface area (Å²) in [6, 6.07) is 5.58. The Labute approximate surface area is 120 Å². The average molecular weight is 335 g/mol. The van der Waals surface area contributed by atoms with E-state index in [0.29, 0.717) is 6.42 Å². The summed E-state index contributed by atoms with van der Waals surface area (Å²) in [6.07, 6.45) is 0.453. The molecule has 0 aliphatic carbocycles. The van der Waals surface area contributed by atoms with Gasteiger partial charge in [0.05, 0.1) is 5.69 Å². The summed E-state index contributed by atoms with van der Waals surface area (Å²) in [6.45, 7) is 5.68. The van der Waals surface area contributed by atoms with E-state index in [1.165, 1.54) is 0 Å². The Morgan fingerprint density at radius 2 is 2.22 bits per heavy atom. The summed E-state index contributed by atoms with van der Waals surface area (Å²) in [5, 5.41) is 9.21. The molecule has 0 bridgehead atoms. The quantitative estimate of drug-likeness (QED) is 0.617. The Morgan fingerprint density at radius 1 is 1.56 bits per heavy atom. The van der Waals surface area contributed by atoms with Gasteiger partial charge in [-0.3, -0.25) is 0 Å². The van der Waals surface area contributed by atoms with E-state index in [4.69, 9.17) is 0 Å². The standard InChI is InChI=1S/C12H19BrN2O2S/c1-9(2)18(17)15-12(3,7-8-16)10-5-4-6-11(13)14-10/h4-6,9,15-16H,7-8H2,1-3H3/t12-,18?/m0/s1. The summed E-state index contributed by atoms with van der Waals surface area (Å²) in [5.74, 6) is 0. The lowest BCUT2D eigenvalue weighted by molar-refractivity contribution is 0.235. The monoisotopic (exact) mass is 334 g/mol. The van der Waals surface area contributed by atoms with Crippen molar-refractivity contribution >= 4 is 27.3 Å². The molecule has 1 unspecified atom stereocenters. The zero-order valence-electron chi connectivity index (χ0n) is 10.8. The van der Waals surface area contributed by atoms with E-state index in [0.717, 1.165) is 10.3 Å². The molecular formula is C12H19BrN2O2S. The number of pyridine rings is 1. The SMILES string of the molecule is CC(C)[S+]([O-])N[C@@](C)(CCO)c1cccc(Br)n1. The first kappa shape index (κ1) is 15.9. The molecule has 1 rings (SSSR count). The predicted octanol–water partition coefficient (Wildman–Crippen LogP) is 2.10. The van der Waals surface area contributed by atoms with Gasteiger partial charge >= 0.3 is 0 Å². The summed E-state index contributed by atoms with van der Waals surface area (Å²) < 4.78 is 15.8. The number of aromatic nitrogens is 1. The van der Waals surface area contributed by atoms with E-state index in [1.54, 1.807) is 0 Å². The van der Waals surface area contributed by atoms with Gasteiger partial charge in [-0.2, -0.15) is 0 Å². The average Bonchev–Trinajstić information content (AvgIpc) is 2.29. The number of hydrogen-bond acceptors (Lipinski definition) is 4. The highest BCUT2D eigenvalue weighted by atomic mass is 79.9. The third-order valence-corrected chi connectivity index (χ3v) is 4.60. The van der Waals surface area contributed by atoms with Crippen LogP contribution in [0.25, 0.3) is 0 Å². The third-order valence-electron chi connectivity index (χ3n) is 2.65. The smallest absolute Gasteiger partial charge is 0.129 e. The molecule has 1 heterocycles.